The lowest BCUT2D eigenvalue weighted by Crippen LogP contribution is -2.24. The van der Waals surface area contributed by atoms with Gasteiger partial charge in [0.25, 0.3) is 0 Å². The van der Waals surface area contributed by atoms with Gasteiger partial charge in [-0.15, -0.1) is 0 Å². The number of benzene rings is 1. The van der Waals surface area contributed by atoms with Crippen molar-refractivity contribution in [3.05, 3.63) is 40.8 Å². The third-order valence-electron chi connectivity index (χ3n) is 2.95. The van der Waals surface area contributed by atoms with E-state index in [2.05, 4.69) is 9.88 Å². The Labute approximate surface area is 118 Å². The van der Waals surface area contributed by atoms with Gasteiger partial charge in [-0.1, -0.05) is 5.16 Å². The molecule has 0 unspecified atom stereocenters. The van der Waals surface area contributed by atoms with Crippen LogP contribution in [0.4, 0.5) is 5.69 Å². The first-order valence-electron chi connectivity index (χ1n) is 6.08. The molecule has 0 saturated carbocycles. The Balaban J connectivity index is 2.27. The summed E-state index contributed by atoms with van der Waals surface area (Å²) >= 11 is 0. The van der Waals surface area contributed by atoms with Crippen molar-refractivity contribution < 1.29 is 12.9 Å². The van der Waals surface area contributed by atoms with E-state index in [4.69, 9.17) is 10.3 Å². The average Bonchev–Trinajstić information content (AvgIpc) is 2.77. The number of nitrogen functional groups attached to an aromatic ring is 1. The molecule has 6 nitrogen and oxygen atoms in total. The van der Waals surface area contributed by atoms with E-state index in [0.29, 0.717) is 22.7 Å². The van der Waals surface area contributed by atoms with Crippen LogP contribution in [0.15, 0.2) is 27.6 Å². The molecule has 0 saturated heterocycles. The van der Waals surface area contributed by atoms with Crippen LogP contribution < -0.4 is 10.5 Å². The van der Waals surface area contributed by atoms with Crippen LogP contribution in [-0.4, -0.2) is 13.6 Å². The maximum absolute atomic E-state index is 12.3. The van der Waals surface area contributed by atoms with E-state index in [1.165, 1.54) is 0 Å². The lowest BCUT2D eigenvalue weighted by atomic mass is 10.1. The lowest BCUT2D eigenvalue weighted by molar-refractivity contribution is 0.377. The molecule has 0 fully saturated rings. The molecule has 3 N–H and O–H groups in total. The SMILES string of the molecule is Cc1cc(N)c(C)c(S(=O)(=O)NCc2cc(C)no2)c1. The van der Waals surface area contributed by atoms with E-state index in [1.807, 2.05) is 0 Å². The molecule has 0 aliphatic carbocycles. The normalized spacial score (nSPS) is 11.8. The summed E-state index contributed by atoms with van der Waals surface area (Å²) in [6.07, 6.45) is 0. The van der Waals surface area contributed by atoms with Crippen LogP contribution in [0, 0.1) is 20.8 Å². The summed E-state index contributed by atoms with van der Waals surface area (Å²) < 4.78 is 32.1. The fraction of sp³-hybridized carbons (Fsp3) is 0.308. The van der Waals surface area contributed by atoms with Gasteiger partial charge in [0.2, 0.25) is 10.0 Å². The molecular weight excluding hydrogens is 278 g/mol. The van der Waals surface area contributed by atoms with Crippen LogP contribution in [0.1, 0.15) is 22.6 Å². The Hall–Kier alpha value is -1.86. The Morgan fingerprint density at radius 3 is 2.55 bits per heavy atom. The Morgan fingerprint density at radius 2 is 1.95 bits per heavy atom. The lowest BCUT2D eigenvalue weighted by Gasteiger charge is -2.11. The van der Waals surface area contributed by atoms with Crippen molar-refractivity contribution in [2.45, 2.75) is 32.2 Å². The number of aromatic nitrogens is 1. The Morgan fingerprint density at radius 1 is 1.25 bits per heavy atom. The quantitative estimate of drug-likeness (QED) is 0.836. The number of nitrogens with zero attached hydrogens (tertiary/aromatic N) is 1. The molecule has 1 aromatic carbocycles. The van der Waals surface area contributed by atoms with E-state index in [1.54, 1.807) is 39.0 Å². The van der Waals surface area contributed by atoms with Gasteiger partial charge in [0.05, 0.1) is 17.1 Å². The summed E-state index contributed by atoms with van der Waals surface area (Å²) in [7, 11) is -3.64. The van der Waals surface area contributed by atoms with Gasteiger partial charge in [0, 0.05) is 11.8 Å². The molecule has 1 heterocycles. The smallest absolute Gasteiger partial charge is 0.241 e. The Bertz CT molecular complexity index is 735. The molecule has 0 aliphatic rings. The van der Waals surface area contributed by atoms with Gasteiger partial charge in [-0.05, 0) is 44.0 Å². The van der Waals surface area contributed by atoms with Crippen LogP contribution in [0.2, 0.25) is 0 Å². The van der Waals surface area contributed by atoms with Crippen LogP contribution >= 0.6 is 0 Å². The zero-order chi connectivity index (χ0) is 14.9. The molecule has 0 radical (unpaired) electrons. The van der Waals surface area contributed by atoms with E-state index in [0.717, 1.165) is 5.56 Å². The van der Waals surface area contributed by atoms with Crippen molar-refractivity contribution in [3.63, 3.8) is 0 Å². The zero-order valence-corrected chi connectivity index (χ0v) is 12.4. The number of nitrogens with two attached hydrogens (primary N) is 1. The second-order valence-electron chi connectivity index (χ2n) is 4.74. The van der Waals surface area contributed by atoms with Gasteiger partial charge in [-0.2, -0.15) is 0 Å². The molecule has 0 aliphatic heterocycles. The monoisotopic (exact) mass is 295 g/mol. The number of aryl methyl sites for hydroxylation is 2. The largest absolute Gasteiger partial charge is 0.398 e. The average molecular weight is 295 g/mol. The van der Waals surface area contributed by atoms with E-state index in [9.17, 15) is 8.42 Å². The van der Waals surface area contributed by atoms with Crippen LogP contribution in [0.5, 0.6) is 0 Å². The predicted octanol–water partition coefficient (Wildman–Crippen LogP) is 1.66. The minimum Gasteiger partial charge on any atom is -0.398 e. The first-order chi connectivity index (χ1) is 9.29. The van der Waals surface area contributed by atoms with Gasteiger partial charge in [0.1, 0.15) is 0 Å². The van der Waals surface area contributed by atoms with Gasteiger partial charge < -0.3 is 10.3 Å². The first kappa shape index (κ1) is 14.5. The van der Waals surface area contributed by atoms with Gasteiger partial charge >= 0.3 is 0 Å². The van der Waals surface area contributed by atoms with E-state index < -0.39 is 10.0 Å². The minimum absolute atomic E-state index is 0.0520. The first-order valence-corrected chi connectivity index (χ1v) is 7.56. The fourth-order valence-electron chi connectivity index (χ4n) is 1.88. The molecule has 108 valence electrons. The molecule has 7 heteroatoms. The molecular formula is C13H17N3O3S. The van der Waals surface area contributed by atoms with Crippen molar-refractivity contribution in [2.75, 3.05) is 5.73 Å². The summed E-state index contributed by atoms with van der Waals surface area (Å²) in [5.41, 5.74) is 8.31. The maximum Gasteiger partial charge on any atom is 0.241 e. The summed E-state index contributed by atoms with van der Waals surface area (Å²) in [5, 5.41) is 3.71. The van der Waals surface area contributed by atoms with Crippen LogP contribution in [0.25, 0.3) is 0 Å². The maximum atomic E-state index is 12.3. The van der Waals surface area contributed by atoms with Crippen LogP contribution in [0.3, 0.4) is 0 Å². The van der Waals surface area contributed by atoms with Crippen molar-refractivity contribution in [3.8, 4) is 0 Å². The van der Waals surface area contributed by atoms with Crippen molar-refractivity contribution in [1.82, 2.24) is 9.88 Å². The number of hydrogen-bond donors (Lipinski definition) is 2. The van der Waals surface area contributed by atoms with E-state index >= 15 is 0 Å². The highest BCUT2D eigenvalue weighted by molar-refractivity contribution is 7.89. The van der Waals surface area contributed by atoms with Crippen LogP contribution in [-0.2, 0) is 16.6 Å². The van der Waals surface area contributed by atoms with Crippen molar-refractivity contribution in [2.24, 2.45) is 0 Å². The topological polar surface area (TPSA) is 98.2 Å². The summed E-state index contributed by atoms with van der Waals surface area (Å²) in [4.78, 5) is 0.186. The highest BCUT2D eigenvalue weighted by Crippen LogP contribution is 2.23. The molecule has 0 amide bonds. The minimum atomic E-state index is -3.64. The highest BCUT2D eigenvalue weighted by Gasteiger charge is 2.19. The molecule has 0 atom stereocenters. The molecule has 1 aromatic heterocycles. The number of nitrogens with one attached hydrogen (secondary N) is 1. The summed E-state index contributed by atoms with van der Waals surface area (Å²) in [6.45, 7) is 5.31. The summed E-state index contributed by atoms with van der Waals surface area (Å²) in [5.74, 6) is 0.462. The summed E-state index contributed by atoms with van der Waals surface area (Å²) in [6, 6.07) is 5.02. The van der Waals surface area contributed by atoms with Gasteiger partial charge in [0.15, 0.2) is 5.76 Å². The zero-order valence-electron chi connectivity index (χ0n) is 11.6. The van der Waals surface area contributed by atoms with Crippen molar-refractivity contribution >= 4 is 15.7 Å². The van der Waals surface area contributed by atoms with Gasteiger partial charge in [-0.25, -0.2) is 13.1 Å². The molecule has 2 rings (SSSR count). The highest BCUT2D eigenvalue weighted by atomic mass is 32.2. The Kier molecular flexibility index (Phi) is 3.82. The molecule has 2 aromatic rings. The van der Waals surface area contributed by atoms with Crippen molar-refractivity contribution in [1.29, 1.82) is 0 Å². The van der Waals surface area contributed by atoms with E-state index in [-0.39, 0.29) is 11.4 Å². The molecule has 0 spiro atoms. The number of sulfonamides is 1. The standard InChI is InChI=1S/C13H17N3O3S/c1-8-4-12(14)10(3)13(5-8)20(17,18)15-7-11-6-9(2)16-19-11/h4-6,15H,7,14H2,1-3H3. The fourth-order valence-corrected chi connectivity index (χ4v) is 3.22. The van der Waals surface area contributed by atoms with Gasteiger partial charge in [-0.3, -0.25) is 0 Å². The second-order valence-corrected chi connectivity index (χ2v) is 6.47. The number of hydrogen-bond acceptors (Lipinski definition) is 5. The molecule has 0 bridgehead atoms. The molecule has 20 heavy (non-hydrogen) atoms. The third kappa shape index (κ3) is 3.00. The third-order valence-corrected chi connectivity index (χ3v) is 4.47. The predicted molar refractivity (Wildman–Crippen MR) is 75.6 cm³/mol. The second kappa shape index (κ2) is 5.26. The number of rotatable bonds is 4. The number of anilines is 1.